The number of ether oxygens (including phenoxy) is 1. The highest BCUT2D eigenvalue weighted by atomic mass is 32.1. The van der Waals surface area contributed by atoms with Gasteiger partial charge in [0.05, 0.1) is 17.3 Å². The van der Waals surface area contributed by atoms with E-state index < -0.39 is 5.97 Å². The minimum atomic E-state index is -0.979. The van der Waals surface area contributed by atoms with Crippen molar-refractivity contribution in [3.05, 3.63) is 21.0 Å². The second kappa shape index (κ2) is 4.91. The molecule has 0 aliphatic carbocycles. The number of hydrogen-bond acceptors (Lipinski definition) is 6. The van der Waals surface area contributed by atoms with E-state index in [1.165, 1.54) is 18.4 Å². The molecular weight excluding hydrogens is 260 g/mol. The highest BCUT2D eigenvalue weighted by molar-refractivity contribution is 7.17. The summed E-state index contributed by atoms with van der Waals surface area (Å²) in [5, 5.41) is 12.5. The summed E-state index contributed by atoms with van der Waals surface area (Å²) in [7, 11) is 1.51. The molecular formula is C10H10N2O3S2. The van der Waals surface area contributed by atoms with E-state index >= 15 is 0 Å². The maximum atomic E-state index is 11.0. The summed E-state index contributed by atoms with van der Waals surface area (Å²) in [6.07, 6.45) is 0. The zero-order chi connectivity index (χ0) is 12.4. The maximum absolute atomic E-state index is 11.0. The Morgan fingerprint density at radius 3 is 2.82 bits per heavy atom. The normalized spacial score (nSPS) is 10.7. The third-order valence-corrected chi connectivity index (χ3v) is 3.89. The molecule has 0 radical (unpaired) electrons. The lowest BCUT2D eigenvalue weighted by Crippen LogP contribution is -1.99. The van der Waals surface area contributed by atoms with Crippen molar-refractivity contribution >= 4 is 28.6 Å². The van der Waals surface area contributed by atoms with Gasteiger partial charge in [0.15, 0.2) is 0 Å². The maximum Gasteiger partial charge on any atom is 0.347 e. The second-order valence-corrected chi connectivity index (χ2v) is 5.35. The predicted molar refractivity (Wildman–Crippen MR) is 65.6 cm³/mol. The summed E-state index contributed by atoms with van der Waals surface area (Å²) in [5.74, 6) is -0.979. The van der Waals surface area contributed by atoms with Crippen molar-refractivity contribution in [1.82, 2.24) is 9.97 Å². The number of methoxy groups -OCH3 is 1. The van der Waals surface area contributed by atoms with Crippen molar-refractivity contribution in [3.8, 4) is 10.7 Å². The predicted octanol–water partition coefficient (Wildman–Crippen LogP) is 2.42. The minimum absolute atomic E-state index is 0.196. The number of hydrogen-bond donors (Lipinski definition) is 1. The molecule has 17 heavy (non-hydrogen) atoms. The van der Waals surface area contributed by atoms with Crippen molar-refractivity contribution < 1.29 is 14.6 Å². The van der Waals surface area contributed by atoms with Gasteiger partial charge in [-0.1, -0.05) is 0 Å². The van der Waals surface area contributed by atoms with Gasteiger partial charge >= 0.3 is 5.97 Å². The number of aromatic carboxylic acids is 1. The van der Waals surface area contributed by atoms with Gasteiger partial charge in [-0.3, -0.25) is 0 Å². The topological polar surface area (TPSA) is 72.3 Å². The Morgan fingerprint density at radius 2 is 2.29 bits per heavy atom. The lowest BCUT2D eigenvalue weighted by Gasteiger charge is -1.94. The molecule has 0 aliphatic heterocycles. The molecule has 1 N–H and O–H groups in total. The third-order valence-electron chi connectivity index (χ3n) is 2.01. The van der Waals surface area contributed by atoms with Gasteiger partial charge in [-0.25, -0.2) is 14.8 Å². The largest absolute Gasteiger partial charge is 0.477 e. The Balaban J connectivity index is 2.43. The van der Waals surface area contributed by atoms with Crippen molar-refractivity contribution in [2.24, 2.45) is 0 Å². The van der Waals surface area contributed by atoms with E-state index in [-0.39, 0.29) is 11.5 Å². The van der Waals surface area contributed by atoms with E-state index in [2.05, 4.69) is 9.97 Å². The fourth-order valence-electron chi connectivity index (χ4n) is 1.32. The molecule has 0 unspecified atom stereocenters. The number of aromatic nitrogens is 2. The van der Waals surface area contributed by atoms with Crippen LogP contribution in [-0.4, -0.2) is 28.2 Å². The summed E-state index contributed by atoms with van der Waals surface area (Å²) < 4.78 is 4.94. The van der Waals surface area contributed by atoms with E-state index in [9.17, 15) is 4.79 Å². The number of carboxylic acids is 1. The first-order chi connectivity index (χ1) is 8.11. The Morgan fingerprint density at radius 1 is 1.53 bits per heavy atom. The number of aryl methyl sites for hydroxylation is 1. The van der Waals surface area contributed by atoms with Crippen molar-refractivity contribution in [1.29, 1.82) is 0 Å². The lowest BCUT2D eigenvalue weighted by atomic mass is 10.4. The Bertz CT molecular complexity index is 547. The Hall–Kier alpha value is -1.31. The van der Waals surface area contributed by atoms with Gasteiger partial charge in [0.2, 0.25) is 0 Å². The van der Waals surface area contributed by atoms with E-state index in [1.807, 2.05) is 12.3 Å². The molecule has 0 saturated heterocycles. The first-order valence-corrected chi connectivity index (χ1v) is 6.46. The Labute approximate surface area is 106 Å². The van der Waals surface area contributed by atoms with Crippen LogP contribution in [0.5, 0.6) is 0 Å². The molecule has 0 amide bonds. The molecule has 5 nitrogen and oxygen atoms in total. The smallest absolute Gasteiger partial charge is 0.347 e. The van der Waals surface area contributed by atoms with Crippen LogP contribution in [0.4, 0.5) is 0 Å². The monoisotopic (exact) mass is 270 g/mol. The highest BCUT2D eigenvalue weighted by Crippen LogP contribution is 2.29. The van der Waals surface area contributed by atoms with Gasteiger partial charge in [-0.05, 0) is 6.92 Å². The van der Waals surface area contributed by atoms with Gasteiger partial charge in [-0.2, -0.15) is 0 Å². The zero-order valence-corrected chi connectivity index (χ0v) is 10.9. The summed E-state index contributed by atoms with van der Waals surface area (Å²) in [6.45, 7) is 2.09. The number of carbonyl (C=O) groups is 1. The fraction of sp³-hybridized carbons (Fsp3) is 0.300. The minimum Gasteiger partial charge on any atom is -0.477 e. The molecule has 7 heteroatoms. The second-order valence-electron chi connectivity index (χ2n) is 3.28. The van der Waals surface area contributed by atoms with Crippen molar-refractivity contribution in [3.63, 3.8) is 0 Å². The van der Waals surface area contributed by atoms with Crippen LogP contribution in [-0.2, 0) is 11.3 Å². The van der Waals surface area contributed by atoms with Crippen LogP contribution in [0, 0.1) is 6.92 Å². The van der Waals surface area contributed by atoms with Crippen LogP contribution >= 0.6 is 22.7 Å². The average Bonchev–Trinajstić information content (AvgIpc) is 2.85. The number of rotatable bonds is 4. The van der Waals surface area contributed by atoms with E-state index in [1.54, 1.807) is 0 Å². The van der Waals surface area contributed by atoms with Gasteiger partial charge in [-0.15, -0.1) is 22.7 Å². The molecule has 2 rings (SSSR count). The van der Waals surface area contributed by atoms with Crippen molar-refractivity contribution in [2.45, 2.75) is 13.5 Å². The molecule has 0 spiro atoms. The van der Waals surface area contributed by atoms with Crippen molar-refractivity contribution in [2.75, 3.05) is 7.11 Å². The molecule has 0 bridgehead atoms. The van der Waals surface area contributed by atoms with Gasteiger partial charge in [0.1, 0.15) is 15.6 Å². The standard InChI is InChI=1S/C10H10N2O3S2/c1-5-11-7(4-16-5)9-12-6(3-15-2)8(17-9)10(13)14/h4H,3H2,1-2H3,(H,13,14). The first-order valence-electron chi connectivity index (χ1n) is 4.76. The average molecular weight is 270 g/mol. The molecule has 0 atom stereocenters. The van der Waals surface area contributed by atoms with Crippen LogP contribution in [0.1, 0.15) is 20.4 Å². The quantitative estimate of drug-likeness (QED) is 0.923. The number of nitrogens with zero attached hydrogens (tertiary/aromatic N) is 2. The highest BCUT2D eigenvalue weighted by Gasteiger charge is 2.19. The van der Waals surface area contributed by atoms with Gasteiger partial charge < -0.3 is 9.84 Å². The molecule has 2 aromatic rings. The fourth-order valence-corrected chi connectivity index (χ4v) is 2.86. The molecule has 2 heterocycles. The third kappa shape index (κ3) is 2.51. The van der Waals surface area contributed by atoms with Crippen LogP contribution in [0.2, 0.25) is 0 Å². The lowest BCUT2D eigenvalue weighted by molar-refractivity contribution is 0.0697. The molecule has 0 fully saturated rings. The molecule has 90 valence electrons. The summed E-state index contributed by atoms with van der Waals surface area (Å²) in [4.78, 5) is 19.8. The van der Waals surface area contributed by atoms with Gasteiger partial charge in [0.25, 0.3) is 0 Å². The van der Waals surface area contributed by atoms with Crippen LogP contribution in [0.3, 0.4) is 0 Å². The number of carboxylic acid groups (broad SMARTS) is 1. The molecule has 0 saturated carbocycles. The van der Waals surface area contributed by atoms with Gasteiger partial charge in [0, 0.05) is 12.5 Å². The SMILES string of the molecule is COCc1nc(-c2csc(C)n2)sc1C(=O)O. The van der Waals surface area contributed by atoms with E-state index in [0.717, 1.165) is 22.0 Å². The molecule has 0 aliphatic rings. The van der Waals surface area contributed by atoms with Crippen LogP contribution < -0.4 is 0 Å². The van der Waals surface area contributed by atoms with E-state index in [0.29, 0.717) is 10.7 Å². The summed E-state index contributed by atoms with van der Waals surface area (Å²) in [6, 6.07) is 0. The van der Waals surface area contributed by atoms with E-state index in [4.69, 9.17) is 9.84 Å². The van der Waals surface area contributed by atoms with Crippen LogP contribution in [0.15, 0.2) is 5.38 Å². The summed E-state index contributed by atoms with van der Waals surface area (Å²) in [5.41, 5.74) is 1.17. The summed E-state index contributed by atoms with van der Waals surface area (Å²) >= 11 is 2.64. The number of thiazole rings is 2. The molecule has 2 aromatic heterocycles. The Kier molecular flexibility index (Phi) is 3.51. The molecule has 0 aromatic carbocycles. The first kappa shape index (κ1) is 12.2. The zero-order valence-electron chi connectivity index (χ0n) is 9.26. The van der Waals surface area contributed by atoms with Crippen LogP contribution in [0.25, 0.3) is 10.7 Å².